The molecule has 1 N–H and O–H groups in total. The molecule has 1 aromatic heterocycles. The van der Waals surface area contributed by atoms with E-state index < -0.39 is 17.0 Å². The van der Waals surface area contributed by atoms with E-state index in [1.165, 1.54) is 6.07 Å². The minimum Gasteiger partial charge on any atom is -0.481 e. The Labute approximate surface area is 191 Å². The number of hydrogen-bond donors (Lipinski definition) is 1. The van der Waals surface area contributed by atoms with Gasteiger partial charge in [0.1, 0.15) is 6.10 Å². The summed E-state index contributed by atoms with van der Waals surface area (Å²) in [5.74, 6) is -0.784. The van der Waals surface area contributed by atoms with Gasteiger partial charge in [0.15, 0.2) is 0 Å². The van der Waals surface area contributed by atoms with E-state index in [1.54, 1.807) is 6.07 Å². The van der Waals surface area contributed by atoms with E-state index in [0.717, 1.165) is 22.0 Å². The summed E-state index contributed by atoms with van der Waals surface area (Å²) in [5.41, 5.74) is 3.67. The Hall–Kier alpha value is -4.13. The molecule has 0 saturated carbocycles. The third-order valence-corrected chi connectivity index (χ3v) is 5.71. The van der Waals surface area contributed by atoms with Gasteiger partial charge in [-0.25, -0.2) is 0 Å². The molecule has 0 saturated heterocycles. The molecule has 0 amide bonds. The summed E-state index contributed by atoms with van der Waals surface area (Å²) in [6, 6.07) is 20.5. The lowest BCUT2D eigenvalue weighted by molar-refractivity contribution is -0.386. The lowest BCUT2D eigenvalue weighted by atomic mass is 9.97. The monoisotopic (exact) mass is 444 g/mol. The van der Waals surface area contributed by atoms with Crippen LogP contribution in [0.25, 0.3) is 22.0 Å². The van der Waals surface area contributed by atoms with Crippen molar-refractivity contribution in [1.29, 1.82) is 0 Å². The number of aryl methyl sites for hydroxylation is 2. The Morgan fingerprint density at radius 3 is 2.58 bits per heavy atom. The van der Waals surface area contributed by atoms with Gasteiger partial charge in [-0.15, -0.1) is 0 Å². The molecule has 4 aromatic rings. The van der Waals surface area contributed by atoms with Gasteiger partial charge in [0.2, 0.25) is 5.75 Å². The predicted octanol–water partition coefficient (Wildman–Crippen LogP) is 5.91. The second-order valence-electron chi connectivity index (χ2n) is 8.01. The summed E-state index contributed by atoms with van der Waals surface area (Å²) >= 11 is 0. The molecular formula is C26H24N2O5. The molecule has 3 aromatic carbocycles. The average molecular weight is 444 g/mol. The number of carbonyl (C=O) groups is 1. The Kier molecular flexibility index (Phi) is 6.13. The van der Waals surface area contributed by atoms with E-state index >= 15 is 0 Å². The van der Waals surface area contributed by atoms with Crippen LogP contribution in [0.3, 0.4) is 0 Å². The van der Waals surface area contributed by atoms with Crippen molar-refractivity contribution in [1.82, 2.24) is 4.57 Å². The number of nitro groups is 1. The second kappa shape index (κ2) is 9.16. The van der Waals surface area contributed by atoms with Crippen molar-refractivity contribution >= 4 is 22.6 Å². The third-order valence-electron chi connectivity index (χ3n) is 5.71. The van der Waals surface area contributed by atoms with E-state index in [4.69, 9.17) is 9.84 Å². The number of rotatable bonds is 8. The minimum atomic E-state index is -0.956. The number of carboxylic acid groups (broad SMARTS) is 1. The summed E-state index contributed by atoms with van der Waals surface area (Å²) in [6.07, 6.45) is 1.60. The fourth-order valence-electron chi connectivity index (χ4n) is 3.96. The number of fused-ring (bicyclic) bond motifs is 1. The zero-order chi connectivity index (χ0) is 23.5. The van der Waals surface area contributed by atoms with Gasteiger partial charge in [0.05, 0.1) is 4.92 Å². The molecule has 0 fully saturated rings. The van der Waals surface area contributed by atoms with Gasteiger partial charge in [0, 0.05) is 42.2 Å². The van der Waals surface area contributed by atoms with E-state index in [1.807, 2.05) is 79.3 Å². The smallest absolute Gasteiger partial charge is 0.311 e. The van der Waals surface area contributed by atoms with Gasteiger partial charge in [-0.1, -0.05) is 36.4 Å². The molecule has 0 aliphatic rings. The highest BCUT2D eigenvalue weighted by atomic mass is 16.6. The van der Waals surface area contributed by atoms with Crippen molar-refractivity contribution in [3.63, 3.8) is 0 Å². The van der Waals surface area contributed by atoms with Gasteiger partial charge in [-0.2, -0.15) is 0 Å². The maximum atomic E-state index is 12.0. The van der Waals surface area contributed by atoms with Crippen LogP contribution >= 0.6 is 0 Å². The number of hydrogen-bond acceptors (Lipinski definition) is 4. The molecule has 1 atom stereocenters. The van der Waals surface area contributed by atoms with Crippen LogP contribution in [0.1, 0.15) is 30.6 Å². The molecule has 4 rings (SSSR count). The van der Waals surface area contributed by atoms with Crippen LogP contribution in [-0.2, 0) is 18.3 Å². The molecule has 0 radical (unpaired) electrons. The van der Waals surface area contributed by atoms with E-state index in [2.05, 4.69) is 0 Å². The fourth-order valence-corrected chi connectivity index (χ4v) is 3.96. The highest BCUT2D eigenvalue weighted by molar-refractivity contribution is 5.88. The number of nitro benzene ring substituents is 1. The first-order valence-corrected chi connectivity index (χ1v) is 10.6. The molecule has 0 spiro atoms. The predicted molar refractivity (Wildman–Crippen MR) is 126 cm³/mol. The lowest BCUT2D eigenvalue weighted by Crippen LogP contribution is -2.07. The zero-order valence-electron chi connectivity index (χ0n) is 18.4. The van der Waals surface area contributed by atoms with Crippen LogP contribution in [-0.4, -0.2) is 20.6 Å². The number of nitrogens with zero attached hydrogens (tertiary/aromatic N) is 2. The molecule has 7 heteroatoms. The van der Waals surface area contributed by atoms with Crippen molar-refractivity contribution in [3.8, 4) is 16.9 Å². The Morgan fingerprint density at radius 1 is 1.12 bits per heavy atom. The highest BCUT2D eigenvalue weighted by Gasteiger charge is 2.25. The van der Waals surface area contributed by atoms with Crippen LogP contribution in [0.4, 0.5) is 5.69 Å². The van der Waals surface area contributed by atoms with Crippen molar-refractivity contribution in [2.24, 2.45) is 7.05 Å². The van der Waals surface area contributed by atoms with Crippen LogP contribution in [0.5, 0.6) is 5.75 Å². The fraction of sp³-hybridized carbons (Fsp3) is 0.192. The quantitative estimate of drug-likeness (QED) is 0.269. The Bertz CT molecular complexity index is 1330. The number of aliphatic carboxylic acids is 1. The standard InChI is InChI=1S/C26H24N2O5/c1-17(19-6-4-3-5-7-19)33-26-22(20-9-10-23-21(16-20)12-13-27(23)2)14-18(8-11-25(29)30)15-24(26)28(31)32/h3-7,9-10,12-17H,8,11H2,1-2H3,(H,29,30). The van der Waals surface area contributed by atoms with Crippen LogP contribution < -0.4 is 4.74 Å². The molecule has 0 bridgehead atoms. The average Bonchev–Trinajstić information content (AvgIpc) is 3.18. The lowest BCUT2D eigenvalue weighted by Gasteiger charge is -2.19. The van der Waals surface area contributed by atoms with E-state index in [0.29, 0.717) is 11.1 Å². The van der Waals surface area contributed by atoms with E-state index in [9.17, 15) is 14.9 Å². The van der Waals surface area contributed by atoms with E-state index in [-0.39, 0.29) is 24.3 Å². The summed E-state index contributed by atoms with van der Waals surface area (Å²) in [7, 11) is 1.95. The van der Waals surface area contributed by atoms with Gasteiger partial charge in [-0.05, 0) is 54.3 Å². The second-order valence-corrected chi connectivity index (χ2v) is 8.01. The molecule has 0 aliphatic heterocycles. The largest absolute Gasteiger partial charge is 0.481 e. The molecule has 0 aliphatic carbocycles. The topological polar surface area (TPSA) is 94.6 Å². The van der Waals surface area contributed by atoms with Gasteiger partial charge in [0.25, 0.3) is 0 Å². The van der Waals surface area contributed by atoms with Crippen molar-refractivity contribution in [3.05, 3.63) is 94.2 Å². The highest BCUT2D eigenvalue weighted by Crippen LogP contribution is 2.42. The third kappa shape index (κ3) is 4.72. The molecule has 33 heavy (non-hydrogen) atoms. The van der Waals surface area contributed by atoms with Gasteiger partial charge in [-0.3, -0.25) is 14.9 Å². The first kappa shape index (κ1) is 22.1. The number of carboxylic acids is 1. The van der Waals surface area contributed by atoms with Crippen molar-refractivity contribution in [2.45, 2.75) is 25.9 Å². The summed E-state index contributed by atoms with van der Waals surface area (Å²) in [4.78, 5) is 22.7. The maximum Gasteiger partial charge on any atom is 0.311 e. The molecule has 7 nitrogen and oxygen atoms in total. The molecule has 1 unspecified atom stereocenters. The molecule has 168 valence electrons. The molecule has 1 heterocycles. The summed E-state index contributed by atoms with van der Waals surface area (Å²) in [5, 5.41) is 22.1. The Morgan fingerprint density at radius 2 is 1.88 bits per heavy atom. The maximum absolute atomic E-state index is 12.0. The van der Waals surface area contributed by atoms with Crippen molar-refractivity contribution in [2.75, 3.05) is 0 Å². The number of benzene rings is 3. The Balaban J connectivity index is 1.87. The van der Waals surface area contributed by atoms with Gasteiger partial charge < -0.3 is 14.4 Å². The van der Waals surface area contributed by atoms with Crippen LogP contribution in [0.2, 0.25) is 0 Å². The van der Waals surface area contributed by atoms with Gasteiger partial charge >= 0.3 is 11.7 Å². The van der Waals surface area contributed by atoms with Crippen LogP contribution in [0, 0.1) is 10.1 Å². The SMILES string of the molecule is CC(Oc1c(-c2ccc3c(ccn3C)c2)cc(CCC(=O)O)cc1[N+](=O)[O-])c1ccccc1. The zero-order valence-corrected chi connectivity index (χ0v) is 18.4. The van der Waals surface area contributed by atoms with Crippen LogP contribution in [0.15, 0.2) is 72.9 Å². The molecular weight excluding hydrogens is 420 g/mol. The summed E-state index contributed by atoms with van der Waals surface area (Å²) < 4.78 is 8.21. The number of aromatic nitrogens is 1. The number of ether oxygens (including phenoxy) is 1. The minimum absolute atomic E-state index is 0.116. The summed E-state index contributed by atoms with van der Waals surface area (Å²) in [6.45, 7) is 1.85. The first-order chi connectivity index (χ1) is 15.8. The first-order valence-electron chi connectivity index (χ1n) is 10.6. The normalized spacial score (nSPS) is 11.9. The van der Waals surface area contributed by atoms with Crippen molar-refractivity contribution < 1.29 is 19.6 Å².